The molecule has 3 rings (SSSR count). The summed E-state index contributed by atoms with van der Waals surface area (Å²) in [5.41, 5.74) is 2.60. The Bertz CT molecular complexity index is 811. The summed E-state index contributed by atoms with van der Waals surface area (Å²) < 4.78 is 1.70. The molecule has 2 N–H and O–H groups in total. The van der Waals surface area contributed by atoms with Crippen LogP contribution in [0.15, 0.2) is 48.9 Å². The van der Waals surface area contributed by atoms with Gasteiger partial charge in [-0.15, -0.1) is 0 Å². The number of anilines is 2. The maximum absolute atomic E-state index is 10.8. The average molecular weight is 295 g/mol. The van der Waals surface area contributed by atoms with E-state index in [-0.39, 0.29) is 5.56 Å². The zero-order valence-electron chi connectivity index (χ0n) is 11.8. The van der Waals surface area contributed by atoms with Crippen molar-refractivity contribution in [3.63, 3.8) is 0 Å². The summed E-state index contributed by atoms with van der Waals surface area (Å²) in [6, 6.07) is 8.19. The molecule has 0 bridgehead atoms. The molecular weight excluding hydrogens is 282 g/mol. The van der Waals surface area contributed by atoms with Gasteiger partial charge in [0.25, 0.3) is 0 Å². The molecule has 0 spiro atoms. The van der Waals surface area contributed by atoms with Crippen LogP contribution in [0.5, 0.6) is 0 Å². The smallest absolute Gasteiger partial charge is 0.335 e. The summed E-state index contributed by atoms with van der Waals surface area (Å²) in [4.78, 5) is 19.4. The molecule has 110 valence electrons. The fourth-order valence-electron chi connectivity index (χ4n) is 1.96. The Hall–Kier alpha value is -3.22. The number of nitrogens with zero attached hydrogens (tertiary/aromatic N) is 4. The SMILES string of the molecule is Cn1cc(-c2ccnc(Nc3ccc(C(=O)O)cc3)n2)cn1. The minimum Gasteiger partial charge on any atom is -0.478 e. The van der Waals surface area contributed by atoms with E-state index in [0.717, 1.165) is 11.3 Å². The summed E-state index contributed by atoms with van der Waals surface area (Å²) in [5.74, 6) is -0.522. The number of carboxylic acid groups (broad SMARTS) is 1. The number of hydrogen-bond donors (Lipinski definition) is 2. The summed E-state index contributed by atoms with van der Waals surface area (Å²) in [6.07, 6.45) is 5.25. The van der Waals surface area contributed by atoms with Crippen LogP contribution in [0.2, 0.25) is 0 Å². The van der Waals surface area contributed by atoms with Gasteiger partial charge in [0.15, 0.2) is 0 Å². The molecule has 0 aliphatic carbocycles. The fraction of sp³-hybridized carbons (Fsp3) is 0.0667. The van der Waals surface area contributed by atoms with Gasteiger partial charge in [0, 0.05) is 30.7 Å². The quantitative estimate of drug-likeness (QED) is 0.767. The van der Waals surface area contributed by atoms with E-state index in [9.17, 15) is 4.79 Å². The summed E-state index contributed by atoms with van der Waals surface area (Å²) in [5, 5.41) is 16.0. The van der Waals surface area contributed by atoms with Crippen LogP contribution in [0.1, 0.15) is 10.4 Å². The maximum Gasteiger partial charge on any atom is 0.335 e. The third kappa shape index (κ3) is 2.93. The minimum absolute atomic E-state index is 0.232. The van der Waals surface area contributed by atoms with Crippen LogP contribution in [0.4, 0.5) is 11.6 Å². The summed E-state index contributed by atoms with van der Waals surface area (Å²) in [6.45, 7) is 0. The molecule has 2 heterocycles. The van der Waals surface area contributed by atoms with E-state index >= 15 is 0 Å². The van der Waals surface area contributed by atoms with Gasteiger partial charge >= 0.3 is 5.97 Å². The van der Waals surface area contributed by atoms with E-state index in [1.807, 2.05) is 13.2 Å². The number of carbonyl (C=O) groups is 1. The van der Waals surface area contributed by atoms with Gasteiger partial charge in [-0.1, -0.05) is 0 Å². The van der Waals surface area contributed by atoms with Crippen molar-refractivity contribution in [3.05, 3.63) is 54.5 Å². The van der Waals surface area contributed by atoms with Crippen molar-refractivity contribution in [3.8, 4) is 11.3 Å². The third-order valence-electron chi connectivity index (χ3n) is 3.04. The van der Waals surface area contributed by atoms with Gasteiger partial charge in [0.2, 0.25) is 5.95 Å². The highest BCUT2D eigenvalue weighted by atomic mass is 16.4. The molecule has 7 nitrogen and oxygen atoms in total. The van der Waals surface area contributed by atoms with Crippen LogP contribution in [-0.2, 0) is 7.05 Å². The number of benzene rings is 1. The van der Waals surface area contributed by atoms with Crippen molar-refractivity contribution in [1.29, 1.82) is 0 Å². The fourth-order valence-corrected chi connectivity index (χ4v) is 1.96. The maximum atomic E-state index is 10.8. The van der Waals surface area contributed by atoms with Crippen LogP contribution >= 0.6 is 0 Å². The molecule has 0 aliphatic rings. The molecular formula is C15H13N5O2. The molecule has 0 fully saturated rings. The predicted molar refractivity (Wildman–Crippen MR) is 80.9 cm³/mol. The van der Waals surface area contributed by atoms with Crippen molar-refractivity contribution in [2.45, 2.75) is 0 Å². The zero-order chi connectivity index (χ0) is 15.5. The number of aromatic carboxylic acids is 1. The highest BCUT2D eigenvalue weighted by molar-refractivity contribution is 5.88. The van der Waals surface area contributed by atoms with Crippen molar-refractivity contribution >= 4 is 17.6 Å². The molecule has 2 aromatic heterocycles. The molecule has 22 heavy (non-hydrogen) atoms. The highest BCUT2D eigenvalue weighted by Gasteiger charge is 2.06. The van der Waals surface area contributed by atoms with Crippen molar-refractivity contribution in [2.24, 2.45) is 7.05 Å². The Morgan fingerprint density at radius 1 is 1.23 bits per heavy atom. The first-order chi connectivity index (χ1) is 10.6. The van der Waals surface area contributed by atoms with E-state index in [0.29, 0.717) is 11.6 Å². The molecule has 0 saturated heterocycles. The van der Waals surface area contributed by atoms with Gasteiger partial charge in [0.05, 0.1) is 17.5 Å². The molecule has 1 aromatic carbocycles. The Morgan fingerprint density at radius 2 is 2.00 bits per heavy atom. The van der Waals surface area contributed by atoms with E-state index < -0.39 is 5.97 Å². The topological polar surface area (TPSA) is 92.9 Å². The molecule has 3 aromatic rings. The second kappa shape index (κ2) is 5.65. The minimum atomic E-state index is -0.957. The molecule has 7 heteroatoms. The van der Waals surface area contributed by atoms with Crippen LogP contribution in [-0.4, -0.2) is 30.8 Å². The van der Waals surface area contributed by atoms with E-state index in [2.05, 4.69) is 20.4 Å². The summed E-state index contributed by atoms with van der Waals surface area (Å²) in [7, 11) is 1.84. The monoisotopic (exact) mass is 295 g/mol. The van der Waals surface area contributed by atoms with E-state index in [1.54, 1.807) is 35.3 Å². The van der Waals surface area contributed by atoms with E-state index in [1.165, 1.54) is 12.1 Å². The van der Waals surface area contributed by atoms with Gasteiger partial charge in [-0.25, -0.2) is 14.8 Å². The lowest BCUT2D eigenvalue weighted by Crippen LogP contribution is -1.99. The van der Waals surface area contributed by atoms with Gasteiger partial charge in [-0.05, 0) is 30.3 Å². The Morgan fingerprint density at radius 3 is 2.64 bits per heavy atom. The number of carboxylic acids is 1. The number of nitrogens with one attached hydrogen (secondary N) is 1. The first kappa shape index (κ1) is 13.7. The normalized spacial score (nSPS) is 10.4. The highest BCUT2D eigenvalue weighted by Crippen LogP contribution is 2.19. The number of aromatic nitrogens is 4. The third-order valence-corrected chi connectivity index (χ3v) is 3.04. The first-order valence-corrected chi connectivity index (χ1v) is 6.54. The van der Waals surface area contributed by atoms with Gasteiger partial charge < -0.3 is 10.4 Å². The second-order valence-electron chi connectivity index (χ2n) is 4.68. The van der Waals surface area contributed by atoms with Gasteiger partial charge in [0.1, 0.15) is 0 Å². The van der Waals surface area contributed by atoms with Crippen LogP contribution < -0.4 is 5.32 Å². The Labute approximate surface area is 126 Å². The largest absolute Gasteiger partial charge is 0.478 e. The van der Waals surface area contributed by atoms with Crippen LogP contribution in [0, 0.1) is 0 Å². The zero-order valence-corrected chi connectivity index (χ0v) is 11.8. The number of aryl methyl sites for hydroxylation is 1. The number of hydrogen-bond acceptors (Lipinski definition) is 5. The lowest BCUT2D eigenvalue weighted by Gasteiger charge is -2.06. The number of rotatable bonds is 4. The van der Waals surface area contributed by atoms with Gasteiger partial charge in [-0.3, -0.25) is 4.68 Å². The molecule has 0 aliphatic heterocycles. The average Bonchev–Trinajstić information content (AvgIpc) is 2.95. The van der Waals surface area contributed by atoms with Crippen LogP contribution in [0.3, 0.4) is 0 Å². The summed E-state index contributed by atoms with van der Waals surface area (Å²) >= 11 is 0. The first-order valence-electron chi connectivity index (χ1n) is 6.54. The van der Waals surface area contributed by atoms with Crippen molar-refractivity contribution in [2.75, 3.05) is 5.32 Å². The molecule has 0 saturated carbocycles. The van der Waals surface area contributed by atoms with Gasteiger partial charge in [-0.2, -0.15) is 5.10 Å². The standard InChI is InChI=1S/C15H13N5O2/c1-20-9-11(8-17-20)13-6-7-16-15(19-13)18-12-4-2-10(3-5-12)14(21)22/h2-9H,1H3,(H,21,22)(H,16,18,19). The molecule has 0 radical (unpaired) electrons. The predicted octanol–water partition coefficient (Wildman–Crippen LogP) is 2.32. The van der Waals surface area contributed by atoms with Crippen molar-refractivity contribution < 1.29 is 9.90 Å². The molecule has 0 amide bonds. The Kier molecular flexibility index (Phi) is 3.53. The van der Waals surface area contributed by atoms with Crippen LogP contribution in [0.25, 0.3) is 11.3 Å². The lowest BCUT2D eigenvalue weighted by atomic mass is 10.2. The van der Waals surface area contributed by atoms with Crippen molar-refractivity contribution in [1.82, 2.24) is 19.7 Å². The van der Waals surface area contributed by atoms with E-state index in [4.69, 9.17) is 5.11 Å². The molecule has 0 unspecified atom stereocenters. The Balaban J connectivity index is 1.82. The lowest BCUT2D eigenvalue weighted by molar-refractivity contribution is 0.0697. The second-order valence-corrected chi connectivity index (χ2v) is 4.68. The molecule has 0 atom stereocenters.